The molecule has 0 atom stereocenters. The van der Waals surface area contributed by atoms with Gasteiger partial charge in [-0.2, -0.15) is 0 Å². The standard InChI is InChI=1S/C4H8O2S3/c1-2-6-3(5)4(7,8)9/h7-9H,2H2,1H3. The van der Waals surface area contributed by atoms with E-state index in [-0.39, 0.29) is 0 Å². The number of carbonyl (C=O) groups is 1. The van der Waals surface area contributed by atoms with Crippen LogP contribution in [0.25, 0.3) is 0 Å². The molecule has 0 amide bonds. The molecule has 0 aliphatic heterocycles. The zero-order valence-corrected chi connectivity index (χ0v) is 7.55. The Morgan fingerprint density at radius 2 is 2.00 bits per heavy atom. The third-order valence-corrected chi connectivity index (χ3v) is 1.10. The summed E-state index contributed by atoms with van der Waals surface area (Å²) in [5.41, 5.74) is 0. The SMILES string of the molecule is CCOC(=O)C(S)(S)S. The van der Waals surface area contributed by atoms with E-state index < -0.39 is 9.38 Å². The van der Waals surface area contributed by atoms with Crippen LogP contribution in [-0.4, -0.2) is 16.0 Å². The first-order valence-electron chi connectivity index (χ1n) is 2.32. The highest BCUT2D eigenvalue weighted by Crippen LogP contribution is 2.25. The van der Waals surface area contributed by atoms with Crippen molar-refractivity contribution in [1.29, 1.82) is 0 Å². The maximum Gasteiger partial charge on any atom is 0.342 e. The van der Waals surface area contributed by atoms with Gasteiger partial charge >= 0.3 is 5.97 Å². The first kappa shape index (κ1) is 9.52. The molecule has 0 saturated heterocycles. The molecule has 54 valence electrons. The molecular weight excluding hydrogens is 176 g/mol. The highest BCUT2D eigenvalue weighted by molar-refractivity contribution is 8.18. The van der Waals surface area contributed by atoms with Crippen molar-refractivity contribution in [2.75, 3.05) is 6.61 Å². The van der Waals surface area contributed by atoms with Gasteiger partial charge in [0.1, 0.15) is 0 Å². The van der Waals surface area contributed by atoms with Gasteiger partial charge in [0.25, 0.3) is 0 Å². The second-order valence-corrected chi connectivity index (χ2v) is 4.43. The van der Waals surface area contributed by atoms with E-state index in [2.05, 4.69) is 42.6 Å². The Bertz CT molecular complexity index is 107. The largest absolute Gasteiger partial charge is 0.464 e. The molecule has 0 saturated carbocycles. The highest BCUT2D eigenvalue weighted by atomic mass is 32.2. The topological polar surface area (TPSA) is 26.3 Å². The van der Waals surface area contributed by atoms with Crippen LogP contribution in [0.4, 0.5) is 0 Å². The maximum absolute atomic E-state index is 10.6. The number of ether oxygens (including phenoxy) is 1. The zero-order chi connectivity index (χ0) is 7.49. The summed E-state index contributed by atoms with van der Waals surface area (Å²) in [6.45, 7) is 2.03. The average Bonchev–Trinajstić information content (AvgIpc) is 1.64. The lowest BCUT2D eigenvalue weighted by atomic mass is 10.7. The van der Waals surface area contributed by atoms with Crippen LogP contribution in [0.1, 0.15) is 6.92 Å². The van der Waals surface area contributed by atoms with Gasteiger partial charge in [-0.25, -0.2) is 4.79 Å². The molecule has 0 N–H and O–H groups in total. The van der Waals surface area contributed by atoms with Crippen LogP contribution < -0.4 is 0 Å². The monoisotopic (exact) mass is 184 g/mol. The van der Waals surface area contributed by atoms with Gasteiger partial charge in [0.05, 0.1) is 6.61 Å². The Balaban J connectivity index is 3.74. The predicted octanol–water partition coefficient (Wildman–Crippen LogP) is 0.993. The number of hydrogen-bond acceptors (Lipinski definition) is 5. The minimum atomic E-state index is -1.27. The summed E-state index contributed by atoms with van der Waals surface area (Å²) < 4.78 is 3.27. The number of thiol groups is 3. The van der Waals surface area contributed by atoms with Crippen LogP contribution in [0.5, 0.6) is 0 Å². The fraction of sp³-hybridized carbons (Fsp3) is 0.750. The fourth-order valence-corrected chi connectivity index (χ4v) is 0.422. The lowest BCUT2D eigenvalue weighted by Gasteiger charge is -2.11. The minimum Gasteiger partial charge on any atom is -0.464 e. The quantitative estimate of drug-likeness (QED) is 0.339. The number of hydrogen-bond donors (Lipinski definition) is 3. The van der Waals surface area contributed by atoms with Crippen LogP contribution in [-0.2, 0) is 9.53 Å². The van der Waals surface area contributed by atoms with Crippen LogP contribution in [0.2, 0.25) is 0 Å². The van der Waals surface area contributed by atoms with Crippen LogP contribution in [0.3, 0.4) is 0 Å². The van der Waals surface area contributed by atoms with Crippen molar-refractivity contribution < 1.29 is 9.53 Å². The van der Waals surface area contributed by atoms with Crippen LogP contribution in [0.15, 0.2) is 0 Å². The molecule has 0 aromatic heterocycles. The Morgan fingerprint density at radius 1 is 1.56 bits per heavy atom. The molecule has 0 rings (SSSR count). The zero-order valence-electron chi connectivity index (χ0n) is 4.87. The molecule has 0 aromatic rings. The first-order valence-corrected chi connectivity index (χ1v) is 3.67. The van der Waals surface area contributed by atoms with Gasteiger partial charge in [0.15, 0.2) is 3.41 Å². The molecule has 0 aromatic carbocycles. The minimum absolute atomic E-state index is 0.322. The third kappa shape index (κ3) is 4.00. The number of esters is 1. The molecule has 0 heterocycles. The van der Waals surface area contributed by atoms with Gasteiger partial charge in [-0.05, 0) is 6.92 Å². The van der Waals surface area contributed by atoms with E-state index in [1.54, 1.807) is 6.92 Å². The normalized spacial score (nSPS) is 11.1. The summed E-state index contributed by atoms with van der Waals surface area (Å²) in [6.07, 6.45) is 0. The molecule has 0 radical (unpaired) electrons. The predicted molar refractivity (Wildman–Crippen MR) is 46.3 cm³/mol. The van der Waals surface area contributed by atoms with Crippen molar-refractivity contribution in [2.45, 2.75) is 10.3 Å². The van der Waals surface area contributed by atoms with E-state index in [1.807, 2.05) is 0 Å². The van der Waals surface area contributed by atoms with E-state index in [0.717, 1.165) is 0 Å². The van der Waals surface area contributed by atoms with Gasteiger partial charge in [-0.1, -0.05) is 0 Å². The lowest BCUT2D eigenvalue weighted by molar-refractivity contribution is -0.141. The molecular formula is C4H8O2S3. The van der Waals surface area contributed by atoms with Crippen molar-refractivity contribution in [2.24, 2.45) is 0 Å². The summed E-state index contributed by atoms with van der Waals surface area (Å²) in [6, 6.07) is 0. The van der Waals surface area contributed by atoms with E-state index in [0.29, 0.717) is 6.61 Å². The van der Waals surface area contributed by atoms with Crippen LogP contribution in [0, 0.1) is 0 Å². The fourth-order valence-electron chi connectivity index (χ4n) is 0.228. The molecule has 0 fully saturated rings. The lowest BCUT2D eigenvalue weighted by Crippen LogP contribution is -2.22. The second kappa shape index (κ2) is 3.63. The Kier molecular flexibility index (Phi) is 3.84. The van der Waals surface area contributed by atoms with Gasteiger partial charge in [0, 0.05) is 0 Å². The molecule has 0 bridgehead atoms. The number of carbonyl (C=O) groups excluding carboxylic acids is 1. The van der Waals surface area contributed by atoms with Crippen molar-refractivity contribution >= 4 is 43.9 Å². The van der Waals surface area contributed by atoms with Crippen molar-refractivity contribution in [3.63, 3.8) is 0 Å². The van der Waals surface area contributed by atoms with Gasteiger partial charge in [0.2, 0.25) is 0 Å². The highest BCUT2D eigenvalue weighted by Gasteiger charge is 2.26. The molecule has 0 aliphatic carbocycles. The maximum atomic E-state index is 10.6. The van der Waals surface area contributed by atoms with Crippen LogP contribution >= 0.6 is 37.9 Å². The third-order valence-electron chi connectivity index (χ3n) is 0.549. The molecule has 0 aliphatic rings. The molecule has 0 unspecified atom stereocenters. The van der Waals surface area contributed by atoms with Gasteiger partial charge in [-0.3, -0.25) is 0 Å². The van der Waals surface area contributed by atoms with E-state index >= 15 is 0 Å². The molecule has 2 nitrogen and oxygen atoms in total. The summed E-state index contributed by atoms with van der Waals surface area (Å²) >= 11 is 11.2. The number of rotatable bonds is 2. The second-order valence-electron chi connectivity index (χ2n) is 1.36. The molecule has 0 spiro atoms. The van der Waals surface area contributed by atoms with Gasteiger partial charge in [-0.15, -0.1) is 37.9 Å². The summed E-state index contributed by atoms with van der Waals surface area (Å²) in [5.74, 6) is -0.542. The van der Waals surface area contributed by atoms with Crippen molar-refractivity contribution in [3.05, 3.63) is 0 Å². The summed E-state index contributed by atoms with van der Waals surface area (Å²) in [7, 11) is 0. The summed E-state index contributed by atoms with van der Waals surface area (Å²) in [4.78, 5) is 10.6. The summed E-state index contributed by atoms with van der Waals surface area (Å²) in [5, 5.41) is 0. The average molecular weight is 184 g/mol. The van der Waals surface area contributed by atoms with E-state index in [4.69, 9.17) is 0 Å². The van der Waals surface area contributed by atoms with Crippen molar-refractivity contribution in [1.82, 2.24) is 0 Å². The smallest absolute Gasteiger partial charge is 0.342 e. The van der Waals surface area contributed by atoms with Crippen molar-refractivity contribution in [3.8, 4) is 0 Å². The Hall–Kier alpha value is 0.520. The van der Waals surface area contributed by atoms with Gasteiger partial charge < -0.3 is 4.74 Å². The Labute approximate surface area is 70.6 Å². The van der Waals surface area contributed by atoms with E-state index in [9.17, 15) is 4.79 Å². The molecule has 9 heavy (non-hydrogen) atoms. The molecule has 5 heteroatoms. The first-order chi connectivity index (χ1) is 3.98. The Morgan fingerprint density at radius 3 is 2.11 bits per heavy atom. The van der Waals surface area contributed by atoms with E-state index in [1.165, 1.54) is 0 Å².